The summed E-state index contributed by atoms with van der Waals surface area (Å²) < 4.78 is 0. The van der Waals surface area contributed by atoms with Crippen molar-refractivity contribution in [2.45, 2.75) is 18.9 Å². The lowest BCUT2D eigenvalue weighted by Crippen LogP contribution is -2.24. The minimum absolute atomic E-state index is 0.212. The molecule has 0 aromatic carbocycles. The van der Waals surface area contributed by atoms with E-state index in [1.165, 1.54) is 0 Å². The molecule has 0 aliphatic rings. The summed E-state index contributed by atoms with van der Waals surface area (Å²) in [5, 5.41) is 8.89. The summed E-state index contributed by atoms with van der Waals surface area (Å²) in [5.74, 6) is 0.212. The second kappa shape index (κ2) is 2.53. The highest BCUT2D eigenvalue weighted by Gasteiger charge is 2.14. The highest BCUT2D eigenvalue weighted by molar-refractivity contribution is 6.18. The van der Waals surface area contributed by atoms with E-state index in [2.05, 4.69) is 6.92 Å². The number of hydrogen-bond donors (Lipinski definition) is 1. The molecule has 0 aromatic rings. The van der Waals surface area contributed by atoms with E-state index < -0.39 is 5.60 Å². The van der Waals surface area contributed by atoms with Gasteiger partial charge in [-0.2, -0.15) is 0 Å². The van der Waals surface area contributed by atoms with Gasteiger partial charge in [-0.1, -0.05) is 6.92 Å². The Morgan fingerprint density at radius 2 is 2.29 bits per heavy atom. The minimum atomic E-state index is -0.901. The standard InChI is InChI=1S/C5H10ClO/c1-3-5(2,7)4-6/h7H,2-4H2,1H3. The summed E-state index contributed by atoms with van der Waals surface area (Å²) in [6.07, 6.45) is 0.608. The third-order valence-corrected chi connectivity index (χ3v) is 1.40. The molecule has 0 bridgehead atoms. The highest BCUT2D eigenvalue weighted by atomic mass is 35.5. The van der Waals surface area contributed by atoms with Crippen LogP contribution in [0.1, 0.15) is 13.3 Å². The summed E-state index contributed by atoms with van der Waals surface area (Å²) in [5.41, 5.74) is -0.901. The van der Waals surface area contributed by atoms with E-state index in [4.69, 9.17) is 16.7 Å². The molecular weight excluding hydrogens is 112 g/mol. The van der Waals surface area contributed by atoms with E-state index in [0.29, 0.717) is 6.42 Å². The van der Waals surface area contributed by atoms with Crippen LogP contribution in [-0.2, 0) is 0 Å². The van der Waals surface area contributed by atoms with Crippen molar-refractivity contribution >= 4 is 11.6 Å². The van der Waals surface area contributed by atoms with Crippen molar-refractivity contribution in [3.8, 4) is 0 Å². The molecule has 1 atom stereocenters. The number of rotatable bonds is 2. The normalized spacial score (nSPS) is 18.9. The molecular formula is C5H10ClO. The molecule has 0 saturated heterocycles. The van der Waals surface area contributed by atoms with Crippen LogP contribution in [-0.4, -0.2) is 16.6 Å². The van der Waals surface area contributed by atoms with Gasteiger partial charge in [0, 0.05) is 0 Å². The second-order valence-corrected chi connectivity index (χ2v) is 1.98. The zero-order valence-corrected chi connectivity index (χ0v) is 5.20. The van der Waals surface area contributed by atoms with E-state index in [-0.39, 0.29) is 5.88 Å². The van der Waals surface area contributed by atoms with Crippen molar-refractivity contribution in [3.63, 3.8) is 0 Å². The molecule has 0 saturated carbocycles. The molecule has 2 heteroatoms. The third-order valence-electron chi connectivity index (χ3n) is 0.907. The molecule has 1 radical (unpaired) electrons. The van der Waals surface area contributed by atoms with E-state index in [9.17, 15) is 0 Å². The van der Waals surface area contributed by atoms with E-state index in [0.717, 1.165) is 0 Å². The molecule has 0 fully saturated rings. The molecule has 0 amide bonds. The van der Waals surface area contributed by atoms with Crippen molar-refractivity contribution in [1.29, 1.82) is 0 Å². The van der Waals surface area contributed by atoms with Crippen molar-refractivity contribution < 1.29 is 5.11 Å². The molecule has 7 heavy (non-hydrogen) atoms. The van der Waals surface area contributed by atoms with Gasteiger partial charge in [0.1, 0.15) is 0 Å². The fourth-order valence-corrected chi connectivity index (χ4v) is 0.283. The molecule has 0 aromatic heterocycles. The third kappa shape index (κ3) is 2.89. The van der Waals surface area contributed by atoms with Gasteiger partial charge >= 0.3 is 0 Å². The lowest BCUT2D eigenvalue weighted by molar-refractivity contribution is 0.108. The van der Waals surface area contributed by atoms with Crippen LogP contribution in [0, 0.1) is 6.92 Å². The summed E-state index contributed by atoms with van der Waals surface area (Å²) in [6.45, 7) is 5.27. The smallest absolute Gasteiger partial charge is 0.0781 e. The molecule has 43 valence electrons. The Hall–Kier alpha value is 0.250. The summed E-state index contributed by atoms with van der Waals surface area (Å²) in [7, 11) is 0. The summed E-state index contributed by atoms with van der Waals surface area (Å²) >= 11 is 5.28. The Kier molecular flexibility index (Phi) is 2.62. The number of hydrogen-bond acceptors (Lipinski definition) is 1. The van der Waals surface area contributed by atoms with Crippen LogP contribution in [0.3, 0.4) is 0 Å². The Morgan fingerprint density at radius 1 is 1.86 bits per heavy atom. The van der Waals surface area contributed by atoms with E-state index in [1.54, 1.807) is 0 Å². The van der Waals surface area contributed by atoms with Gasteiger partial charge in [0.15, 0.2) is 0 Å². The number of aliphatic hydroxyl groups is 1. The maximum absolute atomic E-state index is 8.89. The monoisotopic (exact) mass is 121 g/mol. The topological polar surface area (TPSA) is 20.2 Å². The highest BCUT2D eigenvalue weighted by Crippen LogP contribution is 2.08. The van der Waals surface area contributed by atoms with Crippen LogP contribution in [0.15, 0.2) is 0 Å². The Labute approximate surface area is 49.3 Å². The average Bonchev–Trinajstić information content (AvgIpc) is 1.68. The van der Waals surface area contributed by atoms with Crippen molar-refractivity contribution in [1.82, 2.24) is 0 Å². The van der Waals surface area contributed by atoms with Gasteiger partial charge in [0.05, 0.1) is 11.5 Å². The Balaban J connectivity index is 3.36. The summed E-state index contributed by atoms with van der Waals surface area (Å²) in [4.78, 5) is 0. The van der Waals surface area contributed by atoms with Crippen molar-refractivity contribution in [2.24, 2.45) is 0 Å². The maximum atomic E-state index is 8.89. The first-order chi connectivity index (χ1) is 3.12. The van der Waals surface area contributed by atoms with Crippen LogP contribution >= 0.6 is 11.6 Å². The Bertz CT molecular complexity index is 46.0. The lowest BCUT2D eigenvalue weighted by atomic mass is 10.1. The zero-order chi connectivity index (χ0) is 5.91. The molecule has 1 nitrogen and oxygen atoms in total. The quantitative estimate of drug-likeness (QED) is 0.545. The first-order valence-electron chi connectivity index (χ1n) is 2.26. The molecule has 0 spiro atoms. The van der Waals surface area contributed by atoms with Crippen molar-refractivity contribution in [3.05, 3.63) is 6.92 Å². The molecule has 0 heterocycles. The van der Waals surface area contributed by atoms with Gasteiger partial charge in [-0.05, 0) is 13.3 Å². The first-order valence-corrected chi connectivity index (χ1v) is 2.79. The lowest BCUT2D eigenvalue weighted by Gasteiger charge is -2.15. The Morgan fingerprint density at radius 3 is 2.29 bits per heavy atom. The van der Waals surface area contributed by atoms with Crippen molar-refractivity contribution in [2.75, 3.05) is 5.88 Å². The predicted molar refractivity (Wildman–Crippen MR) is 31.3 cm³/mol. The molecule has 0 aliphatic carbocycles. The first kappa shape index (κ1) is 7.25. The van der Waals surface area contributed by atoms with Gasteiger partial charge < -0.3 is 5.11 Å². The maximum Gasteiger partial charge on any atom is 0.0781 e. The molecule has 1 unspecified atom stereocenters. The van der Waals surface area contributed by atoms with E-state index in [1.807, 2.05) is 6.92 Å². The largest absolute Gasteiger partial charge is 0.389 e. The second-order valence-electron chi connectivity index (χ2n) is 1.71. The van der Waals surface area contributed by atoms with Crippen LogP contribution in [0.2, 0.25) is 0 Å². The predicted octanol–water partition coefficient (Wildman–Crippen LogP) is 1.20. The van der Waals surface area contributed by atoms with E-state index >= 15 is 0 Å². The van der Waals surface area contributed by atoms with Crippen LogP contribution in [0.4, 0.5) is 0 Å². The molecule has 1 N–H and O–H groups in total. The zero-order valence-electron chi connectivity index (χ0n) is 4.45. The minimum Gasteiger partial charge on any atom is -0.389 e. The van der Waals surface area contributed by atoms with Gasteiger partial charge in [-0.25, -0.2) is 0 Å². The molecule has 0 aliphatic heterocycles. The number of halogens is 1. The SMILES string of the molecule is [CH2]C(O)(CC)CCl. The molecule has 0 rings (SSSR count). The summed E-state index contributed by atoms with van der Waals surface area (Å²) in [6, 6.07) is 0. The van der Waals surface area contributed by atoms with Gasteiger partial charge in [0.25, 0.3) is 0 Å². The number of alkyl halides is 1. The van der Waals surface area contributed by atoms with Crippen LogP contribution in [0.5, 0.6) is 0 Å². The fraction of sp³-hybridized carbons (Fsp3) is 0.800. The van der Waals surface area contributed by atoms with Crippen LogP contribution < -0.4 is 0 Å². The van der Waals surface area contributed by atoms with Crippen LogP contribution in [0.25, 0.3) is 0 Å². The van der Waals surface area contributed by atoms with Gasteiger partial charge in [-0.15, -0.1) is 11.6 Å². The average molecular weight is 122 g/mol. The van der Waals surface area contributed by atoms with Gasteiger partial charge in [0.2, 0.25) is 0 Å². The fourth-order valence-electron chi connectivity index (χ4n) is 0.0945. The van der Waals surface area contributed by atoms with Gasteiger partial charge in [-0.3, -0.25) is 0 Å².